The van der Waals surface area contributed by atoms with E-state index in [1.165, 1.54) is 0 Å². The molecule has 21 heavy (non-hydrogen) atoms. The van der Waals surface area contributed by atoms with Crippen LogP contribution in [0.25, 0.3) is 0 Å². The molecular formula is C13H19ClN2OP2S2. The maximum absolute atomic E-state index is 6.09. The number of nitrogens with zero attached hydrogens (tertiary/aromatic N) is 2. The van der Waals surface area contributed by atoms with E-state index >= 15 is 0 Å². The number of halogens is 1. The number of hydrogen-bond acceptors (Lipinski definition) is 4. The van der Waals surface area contributed by atoms with Crippen LogP contribution >= 0.6 is 24.1 Å². The Morgan fingerprint density at radius 3 is 2.48 bits per heavy atom. The average Bonchev–Trinajstić information content (AvgIpc) is 2.45. The summed E-state index contributed by atoms with van der Waals surface area (Å²) in [5, 5.41) is 3.94. The van der Waals surface area contributed by atoms with E-state index in [0.717, 1.165) is 25.1 Å². The molecular weight excluding hydrogens is 362 g/mol. The van der Waals surface area contributed by atoms with E-state index in [0.29, 0.717) is 0 Å². The lowest BCUT2D eigenvalue weighted by Gasteiger charge is -2.24. The fraction of sp³-hybridized carbons (Fsp3) is 0.462. The fourth-order valence-electron chi connectivity index (χ4n) is 1.27. The average molecular weight is 381 g/mol. The molecule has 116 valence electrons. The number of hydrazone groups is 1. The quantitative estimate of drug-likeness (QED) is 0.375. The van der Waals surface area contributed by atoms with Crippen molar-refractivity contribution >= 4 is 54.0 Å². The minimum absolute atomic E-state index is 0.321. The molecule has 0 aliphatic rings. The highest BCUT2D eigenvalue weighted by atomic mass is 35.7. The van der Waals surface area contributed by atoms with Gasteiger partial charge >= 0.3 is 0 Å². The van der Waals surface area contributed by atoms with E-state index < -0.39 is 5.54 Å². The summed E-state index contributed by atoms with van der Waals surface area (Å²) in [5.41, 5.74) is -1.07. The van der Waals surface area contributed by atoms with E-state index in [4.69, 9.17) is 39.6 Å². The van der Waals surface area contributed by atoms with Gasteiger partial charge in [-0.2, -0.15) is 5.10 Å². The molecule has 0 spiro atoms. The second-order valence-corrected chi connectivity index (χ2v) is 13.3. The first-order valence-corrected chi connectivity index (χ1v) is 12.4. The molecule has 3 nitrogen and oxygen atoms in total. The Hall–Kier alpha value is -0.0500. The van der Waals surface area contributed by atoms with E-state index in [1.54, 1.807) is 18.0 Å². The molecule has 2 unspecified atom stereocenters. The van der Waals surface area contributed by atoms with Crippen LogP contribution in [0.1, 0.15) is 25.8 Å². The Kier molecular flexibility index (Phi) is 7.23. The minimum atomic E-state index is -2.04. The highest BCUT2D eigenvalue weighted by molar-refractivity contribution is 8.25. The SMILES string of the molecule is CCC(C)(Oc1ccc(/C=N/N(C)P(C)(=S)Cl)cc1)P=S. The van der Waals surface area contributed by atoms with Gasteiger partial charge in [0, 0.05) is 14.4 Å². The molecule has 0 bridgehead atoms. The van der Waals surface area contributed by atoms with Crippen molar-refractivity contribution in [1.82, 2.24) is 4.78 Å². The summed E-state index contributed by atoms with van der Waals surface area (Å²) in [7, 11) is 2.60. The molecule has 1 aromatic rings. The van der Waals surface area contributed by atoms with E-state index in [9.17, 15) is 0 Å². The maximum atomic E-state index is 6.09. The van der Waals surface area contributed by atoms with Crippen molar-refractivity contribution in [3.05, 3.63) is 29.8 Å². The largest absolute Gasteiger partial charge is 0.478 e. The Morgan fingerprint density at radius 2 is 2.05 bits per heavy atom. The summed E-state index contributed by atoms with van der Waals surface area (Å²) in [6, 6.07) is 7.71. The molecule has 0 aliphatic heterocycles. The second kappa shape index (κ2) is 7.99. The van der Waals surface area contributed by atoms with Crippen molar-refractivity contribution < 1.29 is 4.74 Å². The monoisotopic (exact) mass is 380 g/mol. The summed E-state index contributed by atoms with van der Waals surface area (Å²) >= 11 is 16.4. The zero-order chi connectivity index (χ0) is 16.1. The van der Waals surface area contributed by atoms with Gasteiger partial charge in [-0.1, -0.05) is 41.8 Å². The summed E-state index contributed by atoms with van der Waals surface area (Å²) < 4.78 is 7.57. The molecule has 0 radical (unpaired) electrons. The Morgan fingerprint density at radius 1 is 1.48 bits per heavy atom. The molecule has 0 amide bonds. The molecule has 8 heteroatoms. The lowest BCUT2D eigenvalue weighted by molar-refractivity contribution is 0.180. The van der Waals surface area contributed by atoms with Crippen LogP contribution in [0, 0.1) is 0 Å². The Labute approximate surface area is 143 Å². The third kappa shape index (κ3) is 6.30. The number of ether oxygens (including phenoxy) is 1. The first kappa shape index (κ1) is 19.0. The van der Waals surface area contributed by atoms with Gasteiger partial charge in [0.1, 0.15) is 11.3 Å². The van der Waals surface area contributed by atoms with Crippen molar-refractivity contribution in [3.8, 4) is 5.75 Å². The smallest absolute Gasteiger partial charge is 0.157 e. The molecule has 1 rings (SSSR count). The van der Waals surface area contributed by atoms with Crippen LogP contribution in [-0.4, -0.2) is 30.0 Å². The Balaban J connectivity index is 2.77. The van der Waals surface area contributed by atoms with E-state index in [1.807, 2.05) is 37.9 Å². The van der Waals surface area contributed by atoms with Crippen molar-refractivity contribution in [2.24, 2.45) is 5.10 Å². The lowest BCUT2D eigenvalue weighted by Crippen LogP contribution is -2.23. The zero-order valence-electron chi connectivity index (χ0n) is 12.5. The van der Waals surface area contributed by atoms with E-state index in [-0.39, 0.29) is 5.34 Å². The lowest BCUT2D eigenvalue weighted by atomic mass is 10.2. The molecule has 0 saturated heterocycles. The predicted molar refractivity (Wildman–Crippen MR) is 101 cm³/mol. The van der Waals surface area contributed by atoms with Crippen LogP contribution in [0.15, 0.2) is 29.4 Å². The fourth-order valence-corrected chi connectivity index (χ4v) is 2.52. The molecule has 0 N–H and O–H groups in total. The van der Waals surface area contributed by atoms with Crippen molar-refractivity contribution in [3.63, 3.8) is 0 Å². The van der Waals surface area contributed by atoms with Gasteiger partial charge in [0.25, 0.3) is 0 Å². The van der Waals surface area contributed by atoms with Gasteiger partial charge in [0.05, 0.1) is 6.21 Å². The normalized spacial score (nSPS) is 17.4. The van der Waals surface area contributed by atoms with Crippen LogP contribution in [0.4, 0.5) is 0 Å². The van der Waals surface area contributed by atoms with Gasteiger partial charge in [-0.3, -0.25) is 4.78 Å². The van der Waals surface area contributed by atoms with Crippen molar-refractivity contribution in [2.45, 2.75) is 25.6 Å². The first-order chi connectivity index (χ1) is 9.70. The van der Waals surface area contributed by atoms with Gasteiger partial charge in [0.2, 0.25) is 0 Å². The minimum Gasteiger partial charge on any atom is -0.478 e. The van der Waals surface area contributed by atoms with Crippen LogP contribution in [-0.2, 0) is 23.6 Å². The summed E-state index contributed by atoms with van der Waals surface area (Å²) in [6.07, 6.45) is 2.60. The van der Waals surface area contributed by atoms with Crippen LogP contribution in [0.3, 0.4) is 0 Å². The summed E-state index contributed by atoms with van der Waals surface area (Å²) in [6.45, 7) is 5.90. The number of rotatable bonds is 7. The zero-order valence-corrected chi connectivity index (χ0v) is 16.7. The van der Waals surface area contributed by atoms with Gasteiger partial charge < -0.3 is 4.74 Å². The third-order valence-corrected chi connectivity index (χ3v) is 7.41. The molecule has 0 saturated carbocycles. The van der Waals surface area contributed by atoms with E-state index in [2.05, 4.69) is 12.0 Å². The molecule has 2 atom stereocenters. The standard InChI is InChI=1S/C13H19ClN2OP2S2/c1-5-13(2,18-20)17-12-8-6-11(7-9-12)10-15-16(3)19(4,14)21/h6-10H,5H2,1-4H3/b15-10+. The molecule has 0 aromatic heterocycles. The predicted octanol–water partition coefficient (Wildman–Crippen LogP) is 5.04. The van der Waals surface area contributed by atoms with Gasteiger partial charge in [-0.05, 0) is 49.8 Å². The first-order valence-electron chi connectivity index (χ1n) is 6.39. The van der Waals surface area contributed by atoms with Crippen LogP contribution in [0.5, 0.6) is 5.75 Å². The summed E-state index contributed by atoms with van der Waals surface area (Å²) in [4.78, 5) is 0. The summed E-state index contributed by atoms with van der Waals surface area (Å²) in [5.74, 6) is 0.806. The van der Waals surface area contributed by atoms with Crippen LogP contribution in [0.2, 0.25) is 0 Å². The van der Waals surface area contributed by atoms with Gasteiger partial charge in [-0.15, -0.1) is 0 Å². The van der Waals surface area contributed by atoms with Crippen molar-refractivity contribution in [2.75, 3.05) is 13.7 Å². The highest BCUT2D eigenvalue weighted by Gasteiger charge is 2.21. The number of hydrogen-bond donors (Lipinski definition) is 0. The topological polar surface area (TPSA) is 24.8 Å². The molecule has 0 heterocycles. The maximum Gasteiger partial charge on any atom is 0.157 e. The van der Waals surface area contributed by atoms with Gasteiger partial charge in [-0.25, -0.2) is 0 Å². The highest BCUT2D eigenvalue weighted by Crippen LogP contribution is 2.50. The second-order valence-electron chi connectivity index (χ2n) is 4.80. The molecule has 1 aromatic carbocycles. The molecule has 0 fully saturated rings. The van der Waals surface area contributed by atoms with Gasteiger partial charge in [0.15, 0.2) is 5.34 Å². The molecule has 0 aliphatic carbocycles. The third-order valence-electron chi connectivity index (χ3n) is 2.96. The van der Waals surface area contributed by atoms with Crippen molar-refractivity contribution in [1.29, 1.82) is 0 Å². The number of benzene rings is 1. The van der Waals surface area contributed by atoms with Crippen LogP contribution < -0.4 is 4.74 Å². The Bertz CT molecular complexity index is 562.